The SMILES string of the molecule is C=CCC(CC(=O)NCCOCCO)C(=O)NC1(COC(=O)C(CC=C)NC(=O)OCc2ccccc2)CCCC1. The normalized spacial score (nSPS) is 15.1. The van der Waals surface area contributed by atoms with E-state index in [-0.39, 0.29) is 64.2 Å². The summed E-state index contributed by atoms with van der Waals surface area (Å²) in [5.41, 5.74) is 0.0385. The molecule has 1 aliphatic carbocycles. The Hall–Kier alpha value is -3.70. The zero-order chi connectivity index (χ0) is 29.9. The fourth-order valence-electron chi connectivity index (χ4n) is 4.53. The van der Waals surface area contributed by atoms with Crippen molar-refractivity contribution in [2.45, 2.75) is 63.1 Å². The Morgan fingerprint density at radius 2 is 1.71 bits per heavy atom. The van der Waals surface area contributed by atoms with Gasteiger partial charge in [-0.2, -0.15) is 0 Å². The van der Waals surface area contributed by atoms with Crippen LogP contribution in [0.3, 0.4) is 0 Å². The van der Waals surface area contributed by atoms with Gasteiger partial charge in [-0.3, -0.25) is 9.59 Å². The van der Waals surface area contributed by atoms with Crippen molar-refractivity contribution in [3.8, 4) is 0 Å². The van der Waals surface area contributed by atoms with Crippen LogP contribution < -0.4 is 16.0 Å². The molecule has 2 rings (SSSR count). The third kappa shape index (κ3) is 12.6. The van der Waals surface area contributed by atoms with Crippen LogP contribution in [0, 0.1) is 5.92 Å². The topological polar surface area (TPSA) is 152 Å². The van der Waals surface area contributed by atoms with Crippen LogP contribution in [-0.4, -0.2) is 73.5 Å². The monoisotopic (exact) mass is 573 g/mol. The van der Waals surface area contributed by atoms with E-state index in [2.05, 4.69) is 29.1 Å². The highest BCUT2D eigenvalue weighted by Crippen LogP contribution is 2.31. The number of benzene rings is 1. The average molecular weight is 574 g/mol. The summed E-state index contributed by atoms with van der Waals surface area (Å²) in [6.45, 7) is 7.96. The van der Waals surface area contributed by atoms with Crippen LogP contribution in [-0.2, 0) is 35.2 Å². The second-order valence-corrected chi connectivity index (χ2v) is 9.98. The number of ether oxygens (including phenoxy) is 3. The smallest absolute Gasteiger partial charge is 0.408 e. The standard InChI is InChI=1S/C30H43N3O8/c1-3-10-24(20-26(35)31-16-18-39-19-17-34)27(36)33-30(14-8-9-15-30)22-41-28(37)25(11-4-2)32-29(38)40-21-23-12-6-5-7-13-23/h3-7,12-13,24-25,34H,1-2,8-11,14-22H2,(H,31,35)(H,32,38)(H,33,36). The van der Waals surface area contributed by atoms with Gasteiger partial charge < -0.3 is 35.3 Å². The maximum atomic E-state index is 13.2. The van der Waals surface area contributed by atoms with Crippen molar-refractivity contribution in [1.82, 2.24) is 16.0 Å². The maximum Gasteiger partial charge on any atom is 0.408 e. The Bertz CT molecular complexity index is 995. The van der Waals surface area contributed by atoms with Crippen molar-refractivity contribution in [1.29, 1.82) is 0 Å². The second kappa shape index (κ2) is 18.6. The van der Waals surface area contributed by atoms with Gasteiger partial charge in [-0.1, -0.05) is 55.3 Å². The number of hydrogen-bond donors (Lipinski definition) is 4. The van der Waals surface area contributed by atoms with E-state index >= 15 is 0 Å². The van der Waals surface area contributed by atoms with E-state index in [9.17, 15) is 19.2 Å². The summed E-state index contributed by atoms with van der Waals surface area (Å²) in [6.07, 6.45) is 5.64. The Balaban J connectivity index is 1.92. The van der Waals surface area contributed by atoms with E-state index in [1.807, 2.05) is 30.3 Å². The molecule has 1 aliphatic rings. The van der Waals surface area contributed by atoms with Crippen molar-refractivity contribution in [3.05, 3.63) is 61.2 Å². The minimum atomic E-state index is -0.997. The summed E-state index contributed by atoms with van der Waals surface area (Å²) in [4.78, 5) is 50.9. The van der Waals surface area contributed by atoms with Crippen LogP contribution >= 0.6 is 0 Å². The van der Waals surface area contributed by atoms with Gasteiger partial charge in [0.1, 0.15) is 19.3 Å². The molecule has 0 bridgehead atoms. The van der Waals surface area contributed by atoms with Gasteiger partial charge in [-0.25, -0.2) is 9.59 Å². The third-order valence-electron chi connectivity index (χ3n) is 6.69. The summed E-state index contributed by atoms with van der Waals surface area (Å²) in [5.74, 6) is -1.93. The van der Waals surface area contributed by atoms with Crippen LogP contribution in [0.2, 0.25) is 0 Å². The molecular formula is C30H43N3O8. The van der Waals surface area contributed by atoms with Crippen LogP contribution in [0.4, 0.5) is 4.79 Å². The average Bonchev–Trinajstić information content (AvgIpc) is 3.43. The lowest BCUT2D eigenvalue weighted by atomic mass is 9.94. The number of alkyl carbamates (subject to hydrolysis) is 1. The molecule has 0 radical (unpaired) electrons. The second-order valence-electron chi connectivity index (χ2n) is 9.98. The van der Waals surface area contributed by atoms with Gasteiger partial charge in [0.05, 0.1) is 31.3 Å². The zero-order valence-corrected chi connectivity index (χ0v) is 23.6. The number of aliphatic hydroxyl groups excluding tert-OH is 1. The number of nitrogens with one attached hydrogen (secondary N) is 3. The first-order valence-electron chi connectivity index (χ1n) is 14.0. The molecule has 0 saturated heterocycles. The highest BCUT2D eigenvalue weighted by molar-refractivity contribution is 5.86. The van der Waals surface area contributed by atoms with Crippen LogP contribution in [0.1, 0.15) is 50.5 Å². The largest absolute Gasteiger partial charge is 0.462 e. The minimum Gasteiger partial charge on any atom is -0.462 e. The molecule has 0 aliphatic heterocycles. The maximum absolute atomic E-state index is 13.2. The lowest BCUT2D eigenvalue weighted by Crippen LogP contribution is -2.53. The van der Waals surface area contributed by atoms with Gasteiger partial charge in [0.15, 0.2) is 0 Å². The molecule has 0 heterocycles. The Labute approximate surface area is 241 Å². The lowest BCUT2D eigenvalue weighted by molar-refractivity contribution is -0.149. The van der Waals surface area contributed by atoms with Gasteiger partial charge >= 0.3 is 12.1 Å². The molecule has 2 unspecified atom stereocenters. The summed E-state index contributed by atoms with van der Waals surface area (Å²) < 4.78 is 16.0. The first-order chi connectivity index (χ1) is 19.8. The number of aliphatic hydroxyl groups is 1. The van der Waals surface area contributed by atoms with Crippen molar-refractivity contribution in [3.63, 3.8) is 0 Å². The molecule has 11 nitrogen and oxygen atoms in total. The quantitative estimate of drug-likeness (QED) is 0.112. The van der Waals surface area contributed by atoms with Crippen molar-refractivity contribution in [2.24, 2.45) is 5.92 Å². The summed E-state index contributed by atoms with van der Waals surface area (Å²) in [5, 5.41) is 17.0. The predicted molar refractivity (Wildman–Crippen MR) is 153 cm³/mol. The van der Waals surface area contributed by atoms with Gasteiger partial charge in [-0.15, -0.1) is 13.2 Å². The van der Waals surface area contributed by atoms with Gasteiger partial charge in [0, 0.05) is 13.0 Å². The van der Waals surface area contributed by atoms with Crippen LogP contribution in [0.15, 0.2) is 55.6 Å². The molecule has 226 valence electrons. The molecule has 0 aromatic heterocycles. The molecule has 11 heteroatoms. The number of rotatable bonds is 19. The lowest BCUT2D eigenvalue weighted by Gasteiger charge is -2.32. The fraction of sp³-hybridized carbons (Fsp3) is 0.533. The molecule has 4 N–H and O–H groups in total. The van der Waals surface area contributed by atoms with Gasteiger partial charge in [0.25, 0.3) is 0 Å². The van der Waals surface area contributed by atoms with Crippen molar-refractivity contribution >= 4 is 23.9 Å². The first-order valence-corrected chi connectivity index (χ1v) is 14.0. The highest BCUT2D eigenvalue weighted by atomic mass is 16.6. The Morgan fingerprint density at radius 1 is 1.00 bits per heavy atom. The van der Waals surface area contributed by atoms with Gasteiger partial charge in [-0.05, 0) is 31.2 Å². The molecule has 1 fully saturated rings. The van der Waals surface area contributed by atoms with E-state index in [0.29, 0.717) is 19.3 Å². The number of allylic oxidation sites excluding steroid dienone is 1. The number of esters is 1. The molecule has 3 amide bonds. The Kier molecular flexibility index (Phi) is 15.2. The number of amides is 3. The summed E-state index contributed by atoms with van der Waals surface area (Å²) >= 11 is 0. The van der Waals surface area contributed by atoms with Crippen LogP contribution in [0.25, 0.3) is 0 Å². The molecular weight excluding hydrogens is 530 g/mol. The summed E-state index contributed by atoms with van der Waals surface area (Å²) in [6, 6.07) is 8.16. The Morgan fingerprint density at radius 3 is 2.37 bits per heavy atom. The number of carbonyl (C=O) groups excluding carboxylic acids is 4. The summed E-state index contributed by atoms with van der Waals surface area (Å²) in [7, 11) is 0. The van der Waals surface area contributed by atoms with Gasteiger partial charge in [0.2, 0.25) is 11.8 Å². The highest BCUT2D eigenvalue weighted by Gasteiger charge is 2.39. The number of hydrogen-bond acceptors (Lipinski definition) is 8. The predicted octanol–water partition coefficient (Wildman–Crippen LogP) is 2.54. The van der Waals surface area contributed by atoms with E-state index in [0.717, 1.165) is 18.4 Å². The first kappa shape index (κ1) is 33.5. The van der Waals surface area contributed by atoms with E-state index in [4.69, 9.17) is 19.3 Å². The molecule has 1 aromatic carbocycles. The molecule has 41 heavy (non-hydrogen) atoms. The number of carbonyl (C=O) groups is 4. The third-order valence-corrected chi connectivity index (χ3v) is 6.69. The molecule has 1 saturated carbocycles. The molecule has 1 aromatic rings. The van der Waals surface area contributed by atoms with Crippen LogP contribution in [0.5, 0.6) is 0 Å². The van der Waals surface area contributed by atoms with E-state index < -0.39 is 29.6 Å². The molecule has 2 atom stereocenters. The van der Waals surface area contributed by atoms with Crippen molar-refractivity contribution < 1.29 is 38.5 Å². The molecule has 0 spiro atoms. The van der Waals surface area contributed by atoms with E-state index in [1.54, 1.807) is 6.08 Å². The van der Waals surface area contributed by atoms with E-state index in [1.165, 1.54) is 6.08 Å². The fourth-order valence-corrected chi connectivity index (χ4v) is 4.53. The van der Waals surface area contributed by atoms with Crippen molar-refractivity contribution in [2.75, 3.05) is 33.0 Å². The zero-order valence-electron chi connectivity index (χ0n) is 23.6. The minimum absolute atomic E-state index is 0.0376.